The van der Waals surface area contributed by atoms with Crippen LogP contribution in [0.3, 0.4) is 0 Å². The van der Waals surface area contributed by atoms with Gasteiger partial charge in [-0.05, 0) is 12.8 Å². The van der Waals surface area contributed by atoms with E-state index in [1.165, 1.54) is 19.3 Å². The number of aromatic amines is 1. The van der Waals surface area contributed by atoms with Crippen LogP contribution in [-0.4, -0.2) is 9.78 Å². The fraction of sp³-hybridized carbons (Fsp3) is 0.400. The van der Waals surface area contributed by atoms with Crippen molar-refractivity contribution in [2.75, 3.05) is 5.73 Å². The minimum Gasteiger partial charge on any atom is -0.392 e. The van der Waals surface area contributed by atoms with Gasteiger partial charge in [0.25, 0.3) is 5.56 Å². The van der Waals surface area contributed by atoms with Crippen molar-refractivity contribution >= 4 is 5.69 Å². The van der Waals surface area contributed by atoms with Crippen LogP contribution in [0.4, 0.5) is 5.69 Å². The molecule has 0 atom stereocenters. The van der Waals surface area contributed by atoms with Crippen LogP contribution in [0.5, 0.6) is 0 Å². The first-order valence-electron chi connectivity index (χ1n) is 6.93. The zero-order valence-corrected chi connectivity index (χ0v) is 10.9. The number of anilines is 1. The number of aromatic nitrogens is 2. The molecule has 0 aliphatic heterocycles. The first kappa shape index (κ1) is 12.1. The molecular formula is C15H19N3O. The third-order valence-corrected chi connectivity index (χ3v) is 3.95. The Labute approximate surface area is 112 Å². The molecule has 2 aromatic rings. The second kappa shape index (κ2) is 4.96. The number of benzene rings is 1. The molecule has 3 N–H and O–H groups in total. The van der Waals surface area contributed by atoms with E-state index in [1.54, 1.807) is 4.68 Å². The Hall–Kier alpha value is -1.97. The van der Waals surface area contributed by atoms with E-state index in [0.717, 1.165) is 24.1 Å². The van der Waals surface area contributed by atoms with Gasteiger partial charge in [-0.15, -0.1) is 0 Å². The van der Waals surface area contributed by atoms with Crippen LogP contribution in [0, 0.1) is 0 Å². The van der Waals surface area contributed by atoms with Crippen molar-refractivity contribution in [2.45, 2.75) is 38.1 Å². The SMILES string of the molecule is Nc1c(-c2ccccc2)[nH]n(C2CCCCC2)c1=O. The van der Waals surface area contributed by atoms with Gasteiger partial charge in [0, 0.05) is 5.56 Å². The minimum absolute atomic E-state index is 0.0780. The van der Waals surface area contributed by atoms with Gasteiger partial charge in [0.2, 0.25) is 0 Å². The molecule has 4 heteroatoms. The minimum atomic E-state index is -0.0780. The molecule has 0 radical (unpaired) electrons. The number of nitrogens with one attached hydrogen (secondary N) is 1. The Kier molecular flexibility index (Phi) is 3.15. The summed E-state index contributed by atoms with van der Waals surface area (Å²) in [5.41, 5.74) is 7.94. The molecule has 1 aliphatic carbocycles. The van der Waals surface area contributed by atoms with E-state index in [4.69, 9.17) is 5.73 Å². The van der Waals surface area contributed by atoms with Crippen molar-refractivity contribution in [3.05, 3.63) is 40.7 Å². The summed E-state index contributed by atoms with van der Waals surface area (Å²) in [6, 6.07) is 10.1. The molecule has 0 saturated heterocycles. The van der Waals surface area contributed by atoms with Gasteiger partial charge in [0.1, 0.15) is 5.69 Å². The van der Waals surface area contributed by atoms with Gasteiger partial charge in [0.05, 0.1) is 11.7 Å². The van der Waals surface area contributed by atoms with E-state index in [2.05, 4.69) is 5.10 Å². The fourth-order valence-corrected chi connectivity index (χ4v) is 2.89. The van der Waals surface area contributed by atoms with Crippen LogP contribution in [0.15, 0.2) is 35.1 Å². The van der Waals surface area contributed by atoms with Gasteiger partial charge < -0.3 is 5.73 Å². The zero-order valence-electron chi connectivity index (χ0n) is 10.9. The first-order chi connectivity index (χ1) is 9.27. The van der Waals surface area contributed by atoms with Gasteiger partial charge in [-0.1, -0.05) is 49.6 Å². The summed E-state index contributed by atoms with van der Waals surface area (Å²) in [6.45, 7) is 0. The lowest BCUT2D eigenvalue weighted by atomic mass is 9.96. The lowest BCUT2D eigenvalue weighted by Crippen LogP contribution is -2.25. The molecule has 1 saturated carbocycles. The molecule has 100 valence electrons. The standard InChI is InChI=1S/C15H19N3O/c16-13-14(11-7-3-1-4-8-11)17-18(15(13)19)12-9-5-2-6-10-12/h1,3-4,7-8,12,17H,2,5-6,9-10,16H2. The first-order valence-corrected chi connectivity index (χ1v) is 6.93. The highest BCUT2D eigenvalue weighted by molar-refractivity contribution is 5.71. The summed E-state index contributed by atoms with van der Waals surface area (Å²) in [5, 5.41) is 3.21. The Morgan fingerprint density at radius 3 is 2.47 bits per heavy atom. The lowest BCUT2D eigenvalue weighted by Gasteiger charge is -2.21. The third kappa shape index (κ3) is 2.18. The molecule has 1 aliphatic rings. The Morgan fingerprint density at radius 1 is 1.11 bits per heavy atom. The zero-order chi connectivity index (χ0) is 13.2. The molecule has 0 amide bonds. The second-order valence-electron chi connectivity index (χ2n) is 5.23. The number of nitrogens with zero attached hydrogens (tertiary/aromatic N) is 1. The van der Waals surface area contributed by atoms with Crippen LogP contribution in [0.25, 0.3) is 11.3 Å². The summed E-state index contributed by atoms with van der Waals surface area (Å²) in [5.74, 6) is 0. The average Bonchev–Trinajstić information content (AvgIpc) is 2.77. The van der Waals surface area contributed by atoms with Crippen molar-refractivity contribution in [3.8, 4) is 11.3 Å². The predicted octanol–water partition coefficient (Wildman–Crippen LogP) is 2.93. The number of nitrogens with two attached hydrogens (primary N) is 1. The van der Waals surface area contributed by atoms with Crippen LogP contribution in [0.1, 0.15) is 38.1 Å². The molecule has 1 fully saturated rings. The highest BCUT2D eigenvalue weighted by Gasteiger charge is 2.21. The van der Waals surface area contributed by atoms with Gasteiger partial charge in [0.15, 0.2) is 0 Å². The molecule has 0 spiro atoms. The van der Waals surface area contributed by atoms with Gasteiger partial charge in [-0.2, -0.15) is 0 Å². The summed E-state index contributed by atoms with van der Waals surface area (Å²) >= 11 is 0. The highest BCUT2D eigenvalue weighted by atomic mass is 16.1. The van der Waals surface area contributed by atoms with Crippen molar-refractivity contribution in [3.63, 3.8) is 0 Å². The maximum atomic E-state index is 12.3. The molecule has 4 nitrogen and oxygen atoms in total. The Balaban J connectivity index is 2.02. The summed E-state index contributed by atoms with van der Waals surface area (Å²) < 4.78 is 1.73. The average molecular weight is 257 g/mol. The summed E-state index contributed by atoms with van der Waals surface area (Å²) in [6.07, 6.45) is 5.78. The van der Waals surface area contributed by atoms with E-state index >= 15 is 0 Å². The molecular weight excluding hydrogens is 238 g/mol. The van der Waals surface area contributed by atoms with Crippen molar-refractivity contribution in [2.24, 2.45) is 0 Å². The molecule has 19 heavy (non-hydrogen) atoms. The smallest absolute Gasteiger partial charge is 0.290 e. The van der Waals surface area contributed by atoms with E-state index in [9.17, 15) is 4.79 Å². The maximum absolute atomic E-state index is 12.3. The third-order valence-electron chi connectivity index (χ3n) is 3.95. The largest absolute Gasteiger partial charge is 0.392 e. The summed E-state index contributed by atoms with van der Waals surface area (Å²) in [4.78, 5) is 12.3. The quantitative estimate of drug-likeness (QED) is 0.868. The van der Waals surface area contributed by atoms with Crippen LogP contribution >= 0.6 is 0 Å². The van der Waals surface area contributed by atoms with E-state index in [1.807, 2.05) is 30.3 Å². The normalized spacial score (nSPS) is 16.6. The number of hydrogen-bond acceptors (Lipinski definition) is 2. The van der Waals surface area contributed by atoms with Gasteiger partial charge >= 0.3 is 0 Å². The van der Waals surface area contributed by atoms with Gasteiger partial charge in [-0.3, -0.25) is 9.89 Å². The second-order valence-corrected chi connectivity index (χ2v) is 5.23. The number of H-pyrrole nitrogens is 1. The highest BCUT2D eigenvalue weighted by Crippen LogP contribution is 2.29. The van der Waals surface area contributed by atoms with E-state index < -0.39 is 0 Å². The van der Waals surface area contributed by atoms with Crippen LogP contribution < -0.4 is 11.3 Å². The topological polar surface area (TPSA) is 63.8 Å². The molecule has 0 unspecified atom stereocenters. The Morgan fingerprint density at radius 2 is 1.79 bits per heavy atom. The lowest BCUT2D eigenvalue weighted by molar-refractivity contribution is 0.324. The molecule has 1 heterocycles. The number of rotatable bonds is 2. The van der Waals surface area contributed by atoms with E-state index in [-0.39, 0.29) is 11.6 Å². The molecule has 1 aromatic carbocycles. The van der Waals surface area contributed by atoms with Crippen LogP contribution in [0.2, 0.25) is 0 Å². The van der Waals surface area contributed by atoms with Crippen molar-refractivity contribution in [1.29, 1.82) is 0 Å². The van der Waals surface area contributed by atoms with Crippen LogP contribution in [-0.2, 0) is 0 Å². The number of nitrogen functional groups attached to an aromatic ring is 1. The fourth-order valence-electron chi connectivity index (χ4n) is 2.89. The molecule has 3 rings (SSSR count). The monoisotopic (exact) mass is 257 g/mol. The molecule has 1 aromatic heterocycles. The summed E-state index contributed by atoms with van der Waals surface area (Å²) in [7, 11) is 0. The van der Waals surface area contributed by atoms with E-state index in [0.29, 0.717) is 5.69 Å². The Bertz CT molecular complexity index is 606. The number of hydrogen-bond donors (Lipinski definition) is 2. The van der Waals surface area contributed by atoms with Crippen molar-refractivity contribution in [1.82, 2.24) is 9.78 Å². The molecule has 0 bridgehead atoms. The maximum Gasteiger partial charge on any atom is 0.290 e. The predicted molar refractivity (Wildman–Crippen MR) is 77.0 cm³/mol. The van der Waals surface area contributed by atoms with Crippen molar-refractivity contribution < 1.29 is 0 Å². The van der Waals surface area contributed by atoms with Gasteiger partial charge in [-0.25, -0.2) is 4.68 Å².